The zero-order valence-corrected chi connectivity index (χ0v) is 13.3. The van der Waals surface area contributed by atoms with Crippen LogP contribution in [0.15, 0.2) is 12.3 Å². The molecule has 0 aliphatic heterocycles. The molecule has 1 heterocycles. The van der Waals surface area contributed by atoms with E-state index in [1.807, 2.05) is 19.3 Å². The standard InChI is InChI=1S/C15H26ClN3/c1-5-6-7-19(4)15-14(16)8-13(11-18-15)10-17-9-12(2)3/h8,11-12,17H,5-7,9-10H2,1-4H3. The van der Waals surface area contributed by atoms with Crippen molar-refractivity contribution in [2.75, 3.05) is 25.0 Å². The van der Waals surface area contributed by atoms with E-state index in [9.17, 15) is 0 Å². The second kappa shape index (κ2) is 8.39. The highest BCUT2D eigenvalue weighted by Crippen LogP contribution is 2.23. The van der Waals surface area contributed by atoms with Crippen molar-refractivity contribution in [1.82, 2.24) is 10.3 Å². The summed E-state index contributed by atoms with van der Waals surface area (Å²) in [4.78, 5) is 6.60. The van der Waals surface area contributed by atoms with Crippen molar-refractivity contribution in [2.45, 2.75) is 40.2 Å². The van der Waals surface area contributed by atoms with Crippen LogP contribution in [-0.2, 0) is 6.54 Å². The molecule has 0 spiro atoms. The molecule has 0 saturated heterocycles. The summed E-state index contributed by atoms with van der Waals surface area (Å²) in [6.45, 7) is 9.41. The van der Waals surface area contributed by atoms with Gasteiger partial charge < -0.3 is 10.2 Å². The van der Waals surface area contributed by atoms with Crippen LogP contribution in [0.1, 0.15) is 39.2 Å². The third kappa shape index (κ3) is 5.79. The van der Waals surface area contributed by atoms with Crippen molar-refractivity contribution >= 4 is 17.4 Å². The van der Waals surface area contributed by atoms with E-state index in [4.69, 9.17) is 11.6 Å². The summed E-state index contributed by atoms with van der Waals surface area (Å²) in [5, 5.41) is 4.14. The van der Waals surface area contributed by atoms with Crippen LogP contribution in [0.5, 0.6) is 0 Å². The number of anilines is 1. The van der Waals surface area contributed by atoms with Gasteiger partial charge in [0, 0.05) is 26.3 Å². The van der Waals surface area contributed by atoms with Crippen LogP contribution in [-0.4, -0.2) is 25.1 Å². The van der Waals surface area contributed by atoms with E-state index in [-0.39, 0.29) is 0 Å². The lowest BCUT2D eigenvalue weighted by Gasteiger charge is -2.19. The van der Waals surface area contributed by atoms with Crippen LogP contribution >= 0.6 is 11.6 Å². The van der Waals surface area contributed by atoms with Crippen LogP contribution in [0.2, 0.25) is 5.02 Å². The number of halogens is 1. The molecule has 0 amide bonds. The summed E-state index contributed by atoms with van der Waals surface area (Å²) in [6.07, 6.45) is 4.25. The molecule has 0 saturated carbocycles. The SMILES string of the molecule is CCCCN(C)c1ncc(CNCC(C)C)cc1Cl. The normalized spacial score (nSPS) is 11.1. The quantitative estimate of drug-likeness (QED) is 0.788. The van der Waals surface area contributed by atoms with Gasteiger partial charge in [-0.05, 0) is 30.5 Å². The maximum absolute atomic E-state index is 6.31. The van der Waals surface area contributed by atoms with Gasteiger partial charge in [0.15, 0.2) is 0 Å². The maximum atomic E-state index is 6.31. The molecule has 0 fully saturated rings. The first-order chi connectivity index (χ1) is 9.04. The van der Waals surface area contributed by atoms with E-state index >= 15 is 0 Å². The van der Waals surface area contributed by atoms with E-state index in [1.54, 1.807) is 0 Å². The number of pyridine rings is 1. The fourth-order valence-electron chi connectivity index (χ4n) is 1.85. The molecule has 0 bridgehead atoms. The van der Waals surface area contributed by atoms with Gasteiger partial charge in [-0.15, -0.1) is 0 Å². The molecule has 0 aliphatic rings. The van der Waals surface area contributed by atoms with Crippen LogP contribution in [0, 0.1) is 5.92 Å². The Labute approximate surface area is 122 Å². The molecular formula is C15H26ClN3. The van der Waals surface area contributed by atoms with Crippen LogP contribution < -0.4 is 10.2 Å². The van der Waals surface area contributed by atoms with Gasteiger partial charge in [-0.25, -0.2) is 4.98 Å². The molecule has 0 atom stereocenters. The average Bonchev–Trinajstić information content (AvgIpc) is 2.35. The number of aromatic nitrogens is 1. The summed E-state index contributed by atoms with van der Waals surface area (Å²) in [5.41, 5.74) is 1.14. The molecule has 1 aromatic heterocycles. The Morgan fingerprint density at radius 1 is 1.42 bits per heavy atom. The Bertz CT molecular complexity index is 380. The largest absolute Gasteiger partial charge is 0.358 e. The summed E-state index contributed by atoms with van der Waals surface area (Å²) in [6, 6.07) is 2.01. The summed E-state index contributed by atoms with van der Waals surface area (Å²) >= 11 is 6.31. The average molecular weight is 284 g/mol. The van der Waals surface area contributed by atoms with Crippen molar-refractivity contribution in [3.63, 3.8) is 0 Å². The van der Waals surface area contributed by atoms with Gasteiger partial charge in [0.05, 0.1) is 5.02 Å². The fourth-order valence-corrected chi connectivity index (χ4v) is 2.19. The lowest BCUT2D eigenvalue weighted by Crippen LogP contribution is -2.21. The predicted molar refractivity (Wildman–Crippen MR) is 84.0 cm³/mol. The number of hydrogen-bond donors (Lipinski definition) is 1. The minimum atomic E-state index is 0.655. The number of rotatable bonds is 8. The Kier molecular flexibility index (Phi) is 7.17. The fraction of sp³-hybridized carbons (Fsp3) is 0.667. The Balaban J connectivity index is 2.58. The lowest BCUT2D eigenvalue weighted by molar-refractivity contribution is 0.552. The summed E-state index contributed by atoms with van der Waals surface area (Å²) in [7, 11) is 2.04. The van der Waals surface area contributed by atoms with Gasteiger partial charge in [-0.3, -0.25) is 0 Å². The lowest BCUT2D eigenvalue weighted by atomic mass is 10.2. The van der Waals surface area contributed by atoms with Gasteiger partial charge >= 0.3 is 0 Å². The Hall–Kier alpha value is -0.800. The Morgan fingerprint density at radius 3 is 2.74 bits per heavy atom. The first kappa shape index (κ1) is 16.3. The molecule has 1 aromatic rings. The number of nitrogens with zero attached hydrogens (tertiary/aromatic N) is 2. The first-order valence-corrected chi connectivity index (χ1v) is 7.48. The zero-order valence-electron chi connectivity index (χ0n) is 12.5. The van der Waals surface area contributed by atoms with Crippen LogP contribution in [0.4, 0.5) is 5.82 Å². The third-order valence-electron chi connectivity index (χ3n) is 2.97. The highest BCUT2D eigenvalue weighted by atomic mass is 35.5. The number of nitrogens with one attached hydrogen (secondary N) is 1. The minimum Gasteiger partial charge on any atom is -0.358 e. The van der Waals surface area contributed by atoms with Crippen molar-refractivity contribution < 1.29 is 0 Å². The molecular weight excluding hydrogens is 258 g/mol. The molecule has 0 unspecified atom stereocenters. The summed E-state index contributed by atoms with van der Waals surface area (Å²) < 4.78 is 0. The highest BCUT2D eigenvalue weighted by Gasteiger charge is 2.08. The van der Waals surface area contributed by atoms with E-state index in [0.29, 0.717) is 5.92 Å². The molecule has 19 heavy (non-hydrogen) atoms. The van der Waals surface area contributed by atoms with Crippen molar-refractivity contribution in [1.29, 1.82) is 0 Å². The summed E-state index contributed by atoms with van der Waals surface area (Å²) in [5.74, 6) is 1.53. The van der Waals surface area contributed by atoms with Gasteiger partial charge in [0.1, 0.15) is 5.82 Å². The molecule has 4 heteroatoms. The predicted octanol–water partition coefficient (Wildman–Crippen LogP) is 3.72. The highest BCUT2D eigenvalue weighted by molar-refractivity contribution is 6.33. The van der Waals surface area contributed by atoms with Gasteiger partial charge in [0.2, 0.25) is 0 Å². The molecule has 1 rings (SSSR count). The maximum Gasteiger partial charge on any atom is 0.147 e. The first-order valence-electron chi connectivity index (χ1n) is 7.10. The molecule has 0 aliphatic carbocycles. The van der Waals surface area contributed by atoms with Crippen molar-refractivity contribution in [3.05, 3.63) is 22.8 Å². The van der Waals surface area contributed by atoms with Crippen LogP contribution in [0.3, 0.4) is 0 Å². The van der Waals surface area contributed by atoms with E-state index in [1.165, 1.54) is 6.42 Å². The number of unbranched alkanes of at least 4 members (excludes halogenated alkanes) is 1. The minimum absolute atomic E-state index is 0.655. The third-order valence-corrected chi connectivity index (χ3v) is 3.25. The smallest absolute Gasteiger partial charge is 0.147 e. The molecule has 3 nitrogen and oxygen atoms in total. The van der Waals surface area contributed by atoms with Gasteiger partial charge in [-0.1, -0.05) is 38.8 Å². The second-order valence-electron chi connectivity index (χ2n) is 5.45. The molecule has 0 aromatic carbocycles. The van der Waals surface area contributed by atoms with Crippen molar-refractivity contribution in [3.8, 4) is 0 Å². The van der Waals surface area contributed by atoms with Gasteiger partial charge in [-0.2, -0.15) is 0 Å². The van der Waals surface area contributed by atoms with Crippen molar-refractivity contribution in [2.24, 2.45) is 5.92 Å². The monoisotopic (exact) mass is 283 g/mol. The zero-order chi connectivity index (χ0) is 14.3. The topological polar surface area (TPSA) is 28.2 Å². The molecule has 1 N–H and O–H groups in total. The van der Waals surface area contributed by atoms with Gasteiger partial charge in [0.25, 0.3) is 0 Å². The van der Waals surface area contributed by atoms with E-state index in [0.717, 1.165) is 42.5 Å². The molecule has 0 radical (unpaired) electrons. The van der Waals surface area contributed by atoms with E-state index in [2.05, 4.69) is 36.0 Å². The van der Waals surface area contributed by atoms with E-state index < -0.39 is 0 Å². The second-order valence-corrected chi connectivity index (χ2v) is 5.86. The van der Waals surface area contributed by atoms with Crippen LogP contribution in [0.25, 0.3) is 0 Å². The Morgan fingerprint density at radius 2 is 2.16 bits per heavy atom. The number of hydrogen-bond acceptors (Lipinski definition) is 3. The molecule has 108 valence electrons.